The largest absolute Gasteiger partial charge is 0.492 e. The van der Waals surface area contributed by atoms with Crippen LogP contribution in [-0.2, 0) is 0 Å². The first-order chi connectivity index (χ1) is 12.1. The van der Waals surface area contributed by atoms with Gasteiger partial charge in [-0.05, 0) is 56.2 Å². The molecule has 0 bridgehead atoms. The molecular formula is C19H23ClN2O3. The van der Waals surface area contributed by atoms with Gasteiger partial charge in [0, 0.05) is 30.7 Å². The smallest absolute Gasteiger partial charge is 0.287 e. The van der Waals surface area contributed by atoms with Crippen LogP contribution in [-0.4, -0.2) is 43.1 Å². The van der Waals surface area contributed by atoms with Crippen molar-refractivity contribution < 1.29 is 13.9 Å². The maximum atomic E-state index is 12.1. The number of halogens is 1. The standard InChI is InChI=1S/C19H23ClN2O3/c1-14-2-7-18(25-14)19(23)21-16-8-10-22(11-9-16)12-13-24-17-5-3-15(20)4-6-17/h2-7,16H,8-13H2,1H3,(H,21,23). The molecule has 25 heavy (non-hydrogen) atoms. The van der Waals surface area contributed by atoms with Crippen molar-refractivity contribution in [2.45, 2.75) is 25.8 Å². The third-order valence-electron chi connectivity index (χ3n) is 4.38. The number of hydrogen-bond donors (Lipinski definition) is 1. The number of carbonyl (C=O) groups is 1. The molecule has 1 aromatic heterocycles. The summed E-state index contributed by atoms with van der Waals surface area (Å²) in [6.07, 6.45) is 1.87. The Hall–Kier alpha value is -1.98. The zero-order valence-electron chi connectivity index (χ0n) is 14.3. The Labute approximate surface area is 152 Å². The summed E-state index contributed by atoms with van der Waals surface area (Å²) in [5.41, 5.74) is 0. The summed E-state index contributed by atoms with van der Waals surface area (Å²) >= 11 is 5.86. The van der Waals surface area contributed by atoms with E-state index in [0.717, 1.165) is 44.0 Å². The normalized spacial score (nSPS) is 15.9. The maximum absolute atomic E-state index is 12.1. The van der Waals surface area contributed by atoms with Crippen LogP contribution in [0.5, 0.6) is 5.75 Å². The molecule has 0 unspecified atom stereocenters. The van der Waals surface area contributed by atoms with E-state index in [4.69, 9.17) is 20.8 Å². The second-order valence-electron chi connectivity index (χ2n) is 6.30. The SMILES string of the molecule is Cc1ccc(C(=O)NC2CCN(CCOc3ccc(Cl)cc3)CC2)o1. The summed E-state index contributed by atoms with van der Waals surface area (Å²) in [6, 6.07) is 11.1. The highest BCUT2D eigenvalue weighted by Crippen LogP contribution is 2.16. The van der Waals surface area contributed by atoms with Crippen molar-refractivity contribution in [3.05, 3.63) is 52.9 Å². The summed E-state index contributed by atoms with van der Waals surface area (Å²) in [4.78, 5) is 14.5. The molecule has 1 amide bonds. The van der Waals surface area contributed by atoms with Gasteiger partial charge in [-0.15, -0.1) is 0 Å². The third kappa shape index (κ3) is 5.25. The molecular weight excluding hydrogens is 340 g/mol. The first kappa shape index (κ1) is 17.8. The number of rotatable bonds is 6. The molecule has 1 saturated heterocycles. The summed E-state index contributed by atoms with van der Waals surface area (Å²) in [6.45, 7) is 5.25. The number of nitrogens with one attached hydrogen (secondary N) is 1. The molecule has 0 radical (unpaired) electrons. The molecule has 0 spiro atoms. The monoisotopic (exact) mass is 362 g/mol. The van der Waals surface area contributed by atoms with E-state index < -0.39 is 0 Å². The molecule has 1 fully saturated rings. The van der Waals surface area contributed by atoms with Crippen molar-refractivity contribution in [2.24, 2.45) is 0 Å². The van der Waals surface area contributed by atoms with E-state index in [1.165, 1.54) is 0 Å². The van der Waals surface area contributed by atoms with Crippen LogP contribution in [0.4, 0.5) is 0 Å². The molecule has 2 aromatic rings. The lowest BCUT2D eigenvalue weighted by atomic mass is 10.0. The predicted molar refractivity (Wildman–Crippen MR) is 97.3 cm³/mol. The van der Waals surface area contributed by atoms with E-state index in [-0.39, 0.29) is 11.9 Å². The van der Waals surface area contributed by atoms with Gasteiger partial charge in [-0.2, -0.15) is 0 Å². The molecule has 0 saturated carbocycles. The minimum atomic E-state index is -0.127. The molecule has 1 aliphatic heterocycles. The average molecular weight is 363 g/mol. The van der Waals surface area contributed by atoms with Gasteiger partial charge in [-0.3, -0.25) is 9.69 Å². The van der Waals surface area contributed by atoms with E-state index in [9.17, 15) is 4.79 Å². The lowest BCUT2D eigenvalue weighted by molar-refractivity contribution is 0.0876. The number of amides is 1. The average Bonchev–Trinajstić information content (AvgIpc) is 3.05. The van der Waals surface area contributed by atoms with Gasteiger partial charge in [-0.1, -0.05) is 11.6 Å². The molecule has 6 heteroatoms. The molecule has 1 N–H and O–H groups in total. The third-order valence-corrected chi connectivity index (χ3v) is 4.63. The molecule has 5 nitrogen and oxygen atoms in total. The minimum Gasteiger partial charge on any atom is -0.492 e. The summed E-state index contributed by atoms with van der Waals surface area (Å²) < 4.78 is 11.1. The number of likely N-dealkylation sites (tertiary alicyclic amines) is 1. The van der Waals surface area contributed by atoms with Crippen molar-refractivity contribution in [2.75, 3.05) is 26.2 Å². The molecule has 0 atom stereocenters. The Bertz CT molecular complexity index is 691. The number of aryl methyl sites for hydroxylation is 1. The number of hydrogen-bond acceptors (Lipinski definition) is 4. The Morgan fingerprint density at radius 1 is 1.24 bits per heavy atom. The van der Waals surface area contributed by atoms with Crippen molar-refractivity contribution in [1.82, 2.24) is 10.2 Å². The number of furan rings is 1. The van der Waals surface area contributed by atoms with Crippen LogP contribution in [0.15, 0.2) is 40.8 Å². The summed E-state index contributed by atoms with van der Waals surface area (Å²) in [7, 11) is 0. The van der Waals surface area contributed by atoms with Crippen LogP contribution < -0.4 is 10.1 Å². The first-order valence-corrected chi connectivity index (χ1v) is 8.96. The van der Waals surface area contributed by atoms with E-state index in [1.807, 2.05) is 31.2 Å². The minimum absolute atomic E-state index is 0.127. The number of benzene rings is 1. The van der Waals surface area contributed by atoms with Crippen LogP contribution >= 0.6 is 11.6 Å². The van der Waals surface area contributed by atoms with Gasteiger partial charge in [-0.25, -0.2) is 0 Å². The highest BCUT2D eigenvalue weighted by atomic mass is 35.5. The van der Waals surface area contributed by atoms with E-state index in [2.05, 4.69) is 10.2 Å². The predicted octanol–water partition coefficient (Wildman–Crippen LogP) is 3.51. The molecule has 3 rings (SSSR count). The Balaban J connectivity index is 1.35. The van der Waals surface area contributed by atoms with Crippen molar-refractivity contribution in [3.8, 4) is 5.75 Å². The Morgan fingerprint density at radius 2 is 1.96 bits per heavy atom. The van der Waals surface area contributed by atoms with Gasteiger partial charge in [0.25, 0.3) is 5.91 Å². The van der Waals surface area contributed by atoms with Gasteiger partial charge < -0.3 is 14.5 Å². The molecule has 134 valence electrons. The van der Waals surface area contributed by atoms with E-state index in [1.54, 1.807) is 12.1 Å². The van der Waals surface area contributed by atoms with Crippen LogP contribution in [0.1, 0.15) is 29.2 Å². The van der Waals surface area contributed by atoms with Crippen molar-refractivity contribution in [1.29, 1.82) is 0 Å². The zero-order chi connectivity index (χ0) is 17.6. The number of nitrogens with zero attached hydrogens (tertiary/aromatic N) is 1. The van der Waals surface area contributed by atoms with Crippen LogP contribution in [0, 0.1) is 6.92 Å². The zero-order valence-corrected chi connectivity index (χ0v) is 15.1. The van der Waals surface area contributed by atoms with Gasteiger partial charge >= 0.3 is 0 Å². The summed E-state index contributed by atoms with van der Waals surface area (Å²) in [5.74, 6) is 1.84. The number of ether oxygens (including phenoxy) is 1. The summed E-state index contributed by atoms with van der Waals surface area (Å²) in [5, 5.41) is 3.76. The lowest BCUT2D eigenvalue weighted by Gasteiger charge is -2.32. The second-order valence-corrected chi connectivity index (χ2v) is 6.74. The highest BCUT2D eigenvalue weighted by molar-refractivity contribution is 6.30. The first-order valence-electron chi connectivity index (χ1n) is 8.58. The van der Waals surface area contributed by atoms with Crippen molar-refractivity contribution >= 4 is 17.5 Å². The second kappa shape index (κ2) is 8.41. The number of piperidine rings is 1. The molecule has 0 aliphatic carbocycles. The molecule has 2 heterocycles. The number of carbonyl (C=O) groups excluding carboxylic acids is 1. The van der Waals surface area contributed by atoms with Crippen molar-refractivity contribution in [3.63, 3.8) is 0 Å². The van der Waals surface area contributed by atoms with Crippen LogP contribution in [0.2, 0.25) is 5.02 Å². The molecule has 1 aromatic carbocycles. The highest BCUT2D eigenvalue weighted by Gasteiger charge is 2.22. The lowest BCUT2D eigenvalue weighted by Crippen LogP contribution is -2.45. The van der Waals surface area contributed by atoms with E-state index >= 15 is 0 Å². The Kier molecular flexibility index (Phi) is 6.00. The van der Waals surface area contributed by atoms with Gasteiger partial charge in [0.15, 0.2) is 5.76 Å². The van der Waals surface area contributed by atoms with Crippen LogP contribution in [0.25, 0.3) is 0 Å². The van der Waals surface area contributed by atoms with Gasteiger partial charge in [0.2, 0.25) is 0 Å². The van der Waals surface area contributed by atoms with Gasteiger partial charge in [0.05, 0.1) is 0 Å². The van der Waals surface area contributed by atoms with Gasteiger partial charge in [0.1, 0.15) is 18.1 Å². The maximum Gasteiger partial charge on any atom is 0.287 e. The fourth-order valence-corrected chi connectivity index (χ4v) is 3.06. The molecule has 1 aliphatic rings. The van der Waals surface area contributed by atoms with Crippen LogP contribution in [0.3, 0.4) is 0 Å². The topological polar surface area (TPSA) is 54.7 Å². The fourth-order valence-electron chi connectivity index (χ4n) is 2.94. The Morgan fingerprint density at radius 3 is 2.60 bits per heavy atom. The van der Waals surface area contributed by atoms with E-state index in [0.29, 0.717) is 17.4 Å². The fraction of sp³-hybridized carbons (Fsp3) is 0.421. The quantitative estimate of drug-likeness (QED) is 0.854.